The summed E-state index contributed by atoms with van der Waals surface area (Å²) in [4.78, 5) is 12.3. The van der Waals surface area contributed by atoms with E-state index in [4.69, 9.17) is 0 Å². The number of carbonyl (C=O) groups excluding carboxylic acids is 1. The lowest BCUT2D eigenvalue weighted by atomic mass is 9.84. The van der Waals surface area contributed by atoms with Gasteiger partial charge in [0.25, 0.3) is 0 Å². The van der Waals surface area contributed by atoms with Gasteiger partial charge in [0.15, 0.2) is 0 Å². The van der Waals surface area contributed by atoms with Gasteiger partial charge in [-0.15, -0.1) is 0 Å². The molecule has 3 nitrogen and oxygen atoms in total. The molecule has 0 spiro atoms. The molecule has 21 heavy (non-hydrogen) atoms. The monoisotopic (exact) mass is 308 g/mol. The standard InChI is InChI=1S/C17H24O3S/c1-21(19,20)16-11-6-10-15(13-16)17(18)12-5-9-14-7-3-2-4-8-14/h2-4,7-8,15-16H,5-6,9-13H2,1H3. The Bertz CT molecular complexity index is 563. The van der Waals surface area contributed by atoms with Crippen molar-refractivity contribution in [2.24, 2.45) is 5.92 Å². The minimum Gasteiger partial charge on any atom is -0.299 e. The Morgan fingerprint density at radius 1 is 1.19 bits per heavy atom. The lowest BCUT2D eigenvalue weighted by molar-refractivity contribution is -0.123. The second kappa shape index (κ2) is 7.21. The molecular weight excluding hydrogens is 284 g/mol. The maximum atomic E-state index is 12.3. The second-order valence-corrected chi connectivity index (χ2v) is 8.45. The number of hydrogen-bond donors (Lipinski definition) is 0. The van der Waals surface area contributed by atoms with Crippen LogP contribution < -0.4 is 0 Å². The fourth-order valence-corrected chi connectivity index (χ4v) is 4.32. The summed E-state index contributed by atoms with van der Waals surface area (Å²) in [5.41, 5.74) is 1.25. The molecule has 0 N–H and O–H groups in total. The summed E-state index contributed by atoms with van der Waals surface area (Å²) in [6.07, 6.45) is 6.58. The Labute approximate surface area is 127 Å². The number of hydrogen-bond acceptors (Lipinski definition) is 3. The van der Waals surface area contributed by atoms with Crippen molar-refractivity contribution in [2.45, 2.75) is 50.2 Å². The van der Waals surface area contributed by atoms with Crippen molar-refractivity contribution >= 4 is 15.6 Å². The van der Waals surface area contributed by atoms with Gasteiger partial charge in [0.05, 0.1) is 5.25 Å². The lowest BCUT2D eigenvalue weighted by Gasteiger charge is -2.27. The van der Waals surface area contributed by atoms with Crippen LogP contribution >= 0.6 is 0 Å². The van der Waals surface area contributed by atoms with Gasteiger partial charge in [0.2, 0.25) is 0 Å². The second-order valence-electron chi connectivity index (χ2n) is 6.12. The molecule has 0 aliphatic heterocycles. The first-order valence-corrected chi connectivity index (χ1v) is 9.68. The van der Waals surface area contributed by atoms with Crippen LogP contribution in [0.15, 0.2) is 30.3 Å². The average molecular weight is 308 g/mol. The highest BCUT2D eigenvalue weighted by atomic mass is 32.2. The van der Waals surface area contributed by atoms with Crippen LogP contribution in [0.1, 0.15) is 44.1 Å². The number of ketones is 1. The number of Topliss-reactive ketones (excluding diaryl/α,β-unsaturated/α-hetero) is 1. The summed E-state index contributed by atoms with van der Waals surface area (Å²) < 4.78 is 23.3. The van der Waals surface area contributed by atoms with Gasteiger partial charge in [-0.2, -0.15) is 0 Å². The topological polar surface area (TPSA) is 51.2 Å². The average Bonchev–Trinajstić information content (AvgIpc) is 2.47. The van der Waals surface area contributed by atoms with E-state index in [-0.39, 0.29) is 17.0 Å². The predicted octanol–water partition coefficient (Wildman–Crippen LogP) is 3.18. The third kappa shape index (κ3) is 4.95. The van der Waals surface area contributed by atoms with Crippen LogP contribution in [0.5, 0.6) is 0 Å². The molecule has 0 amide bonds. The van der Waals surface area contributed by atoms with Crippen molar-refractivity contribution in [3.8, 4) is 0 Å². The van der Waals surface area contributed by atoms with Crippen molar-refractivity contribution in [2.75, 3.05) is 6.26 Å². The molecule has 1 aliphatic rings. The van der Waals surface area contributed by atoms with Gasteiger partial charge in [-0.1, -0.05) is 36.8 Å². The molecule has 0 aromatic heterocycles. The molecule has 0 bridgehead atoms. The van der Waals surface area contributed by atoms with Gasteiger partial charge in [-0.25, -0.2) is 8.42 Å². The normalized spacial score (nSPS) is 22.9. The van der Waals surface area contributed by atoms with E-state index in [9.17, 15) is 13.2 Å². The van der Waals surface area contributed by atoms with Crippen LogP contribution in [0.25, 0.3) is 0 Å². The number of sulfone groups is 1. The van der Waals surface area contributed by atoms with Gasteiger partial charge >= 0.3 is 0 Å². The van der Waals surface area contributed by atoms with Crippen LogP contribution in [-0.2, 0) is 21.1 Å². The summed E-state index contributed by atoms with van der Waals surface area (Å²) >= 11 is 0. The van der Waals surface area contributed by atoms with Crippen molar-refractivity contribution in [1.82, 2.24) is 0 Å². The van der Waals surface area contributed by atoms with Crippen LogP contribution in [0.4, 0.5) is 0 Å². The Morgan fingerprint density at radius 3 is 2.57 bits per heavy atom. The zero-order chi connectivity index (χ0) is 15.3. The van der Waals surface area contributed by atoms with E-state index in [1.807, 2.05) is 18.2 Å². The highest BCUT2D eigenvalue weighted by molar-refractivity contribution is 7.91. The van der Waals surface area contributed by atoms with Gasteiger partial charge in [0.1, 0.15) is 15.6 Å². The van der Waals surface area contributed by atoms with E-state index >= 15 is 0 Å². The summed E-state index contributed by atoms with van der Waals surface area (Å²) in [5, 5.41) is -0.311. The Hall–Kier alpha value is -1.16. The molecule has 0 saturated heterocycles. The number of aryl methyl sites for hydroxylation is 1. The highest BCUT2D eigenvalue weighted by Gasteiger charge is 2.31. The summed E-state index contributed by atoms with van der Waals surface area (Å²) in [5.74, 6) is 0.202. The van der Waals surface area contributed by atoms with Gasteiger partial charge < -0.3 is 0 Å². The maximum Gasteiger partial charge on any atom is 0.150 e. The molecule has 2 atom stereocenters. The van der Waals surface area contributed by atoms with Crippen LogP contribution in [0.3, 0.4) is 0 Å². The van der Waals surface area contributed by atoms with Crippen LogP contribution in [0.2, 0.25) is 0 Å². The minimum atomic E-state index is -3.01. The number of benzene rings is 1. The van der Waals surface area contributed by atoms with E-state index in [1.54, 1.807) is 0 Å². The molecule has 2 unspecified atom stereocenters. The summed E-state index contributed by atoms with van der Waals surface area (Å²) in [6, 6.07) is 10.2. The smallest absolute Gasteiger partial charge is 0.150 e. The maximum absolute atomic E-state index is 12.3. The van der Waals surface area contributed by atoms with E-state index in [0.29, 0.717) is 19.3 Å². The Kier molecular flexibility index (Phi) is 5.57. The quantitative estimate of drug-likeness (QED) is 0.811. The molecule has 0 heterocycles. The van der Waals surface area contributed by atoms with Crippen molar-refractivity contribution in [3.05, 3.63) is 35.9 Å². The fraction of sp³-hybridized carbons (Fsp3) is 0.588. The third-order valence-electron chi connectivity index (χ3n) is 4.42. The number of carbonyl (C=O) groups is 1. The highest BCUT2D eigenvalue weighted by Crippen LogP contribution is 2.30. The van der Waals surface area contributed by atoms with Gasteiger partial charge in [0, 0.05) is 18.6 Å². The minimum absolute atomic E-state index is 0.0470. The lowest BCUT2D eigenvalue weighted by Crippen LogP contribution is -2.31. The molecule has 1 fully saturated rings. The van der Waals surface area contributed by atoms with E-state index in [0.717, 1.165) is 25.7 Å². The van der Waals surface area contributed by atoms with Crippen molar-refractivity contribution in [1.29, 1.82) is 0 Å². The Morgan fingerprint density at radius 2 is 1.90 bits per heavy atom. The number of rotatable bonds is 6. The third-order valence-corrected chi connectivity index (χ3v) is 6.06. The summed E-state index contributed by atoms with van der Waals surface area (Å²) in [6.45, 7) is 0. The fourth-order valence-electron chi connectivity index (χ4n) is 3.14. The van der Waals surface area contributed by atoms with E-state index < -0.39 is 9.84 Å². The zero-order valence-corrected chi connectivity index (χ0v) is 13.4. The molecule has 1 aromatic rings. The van der Waals surface area contributed by atoms with Gasteiger partial charge in [-0.05, 0) is 37.7 Å². The molecule has 4 heteroatoms. The van der Waals surface area contributed by atoms with Crippen LogP contribution in [-0.4, -0.2) is 25.7 Å². The SMILES string of the molecule is CS(=O)(=O)C1CCCC(C(=O)CCCc2ccccc2)C1. The van der Waals surface area contributed by atoms with Crippen molar-refractivity contribution in [3.63, 3.8) is 0 Å². The molecule has 2 rings (SSSR count). The Balaban J connectivity index is 1.80. The van der Waals surface area contributed by atoms with Gasteiger partial charge in [-0.3, -0.25) is 4.79 Å². The van der Waals surface area contributed by atoms with Crippen molar-refractivity contribution < 1.29 is 13.2 Å². The molecular formula is C17H24O3S. The predicted molar refractivity (Wildman–Crippen MR) is 85.0 cm³/mol. The van der Waals surface area contributed by atoms with Crippen LogP contribution in [0, 0.1) is 5.92 Å². The van der Waals surface area contributed by atoms with E-state index in [1.165, 1.54) is 11.8 Å². The molecule has 0 radical (unpaired) electrons. The molecule has 1 aromatic carbocycles. The first-order valence-electron chi connectivity index (χ1n) is 7.72. The summed E-state index contributed by atoms with van der Waals surface area (Å²) in [7, 11) is -3.01. The largest absolute Gasteiger partial charge is 0.299 e. The molecule has 116 valence electrons. The molecule has 1 saturated carbocycles. The molecule has 1 aliphatic carbocycles. The first kappa shape index (κ1) is 16.2. The first-order chi connectivity index (χ1) is 9.97. The zero-order valence-electron chi connectivity index (χ0n) is 12.6. The van der Waals surface area contributed by atoms with E-state index in [2.05, 4.69) is 12.1 Å².